The third-order valence-electron chi connectivity index (χ3n) is 5.11. The van der Waals surface area contributed by atoms with Crippen LogP contribution >= 0.6 is 0 Å². The minimum absolute atomic E-state index is 0.140. The normalized spacial score (nSPS) is 17.1. The average Bonchev–Trinajstić information content (AvgIpc) is 3.07. The number of benzene rings is 2. The lowest BCUT2D eigenvalue weighted by Crippen LogP contribution is -2.46. The molecule has 2 heterocycles. The van der Waals surface area contributed by atoms with Crippen molar-refractivity contribution >= 4 is 17.2 Å². The van der Waals surface area contributed by atoms with Crippen LogP contribution in [0.1, 0.15) is 16.8 Å². The molecule has 1 N–H and O–H groups in total. The Bertz CT molecular complexity index is 755. The summed E-state index contributed by atoms with van der Waals surface area (Å²) in [5.74, 6) is 0.927. The summed E-state index contributed by atoms with van der Waals surface area (Å²) in [4.78, 5) is 16.7. The molecule has 2 aliphatic heterocycles. The van der Waals surface area contributed by atoms with E-state index < -0.39 is 0 Å². The lowest BCUT2D eigenvalue weighted by atomic mass is 10.1. The van der Waals surface area contributed by atoms with E-state index >= 15 is 0 Å². The molecule has 2 aromatic carbocycles. The molecule has 0 aliphatic carbocycles. The molecule has 0 spiro atoms. The molecule has 0 bridgehead atoms. The summed E-state index contributed by atoms with van der Waals surface area (Å²) in [5.41, 5.74) is 2.98. The maximum Gasteiger partial charge on any atom is 0.184 e. The van der Waals surface area contributed by atoms with Gasteiger partial charge in [0.1, 0.15) is 5.75 Å². The zero-order valence-corrected chi connectivity index (χ0v) is 15.0. The molecule has 0 saturated carbocycles. The zero-order valence-electron chi connectivity index (χ0n) is 15.0. The summed E-state index contributed by atoms with van der Waals surface area (Å²) in [5, 5.41) is 3.09. The second-order valence-electron chi connectivity index (χ2n) is 6.85. The number of ketones is 1. The maximum atomic E-state index is 11.8. The van der Waals surface area contributed by atoms with Gasteiger partial charge >= 0.3 is 0 Å². The fourth-order valence-corrected chi connectivity index (χ4v) is 3.62. The summed E-state index contributed by atoms with van der Waals surface area (Å²) in [6.07, 6.45) is 0.995. The van der Waals surface area contributed by atoms with E-state index in [1.807, 2.05) is 18.2 Å². The van der Waals surface area contributed by atoms with Gasteiger partial charge in [-0.1, -0.05) is 18.2 Å². The highest BCUT2D eigenvalue weighted by Gasteiger charge is 2.19. The largest absolute Gasteiger partial charge is 0.494 e. The van der Waals surface area contributed by atoms with Gasteiger partial charge in [0.25, 0.3) is 0 Å². The molecular weight excluding hydrogens is 326 g/mol. The molecular formula is C21H25N3O2. The molecule has 5 heteroatoms. The molecule has 2 aliphatic rings. The first-order chi connectivity index (χ1) is 12.8. The van der Waals surface area contributed by atoms with Crippen LogP contribution in [0.4, 0.5) is 11.4 Å². The first kappa shape index (κ1) is 16.9. The van der Waals surface area contributed by atoms with Gasteiger partial charge in [-0.05, 0) is 36.8 Å². The smallest absolute Gasteiger partial charge is 0.184 e. The fraction of sp³-hybridized carbons (Fsp3) is 0.381. The summed E-state index contributed by atoms with van der Waals surface area (Å²) >= 11 is 0. The number of rotatable bonds is 6. The number of carbonyl (C=O) groups is 1. The van der Waals surface area contributed by atoms with Crippen molar-refractivity contribution in [2.75, 3.05) is 56.1 Å². The first-order valence-corrected chi connectivity index (χ1v) is 9.36. The number of nitrogens with one attached hydrogen (secondary N) is 1. The Kier molecular flexibility index (Phi) is 5.07. The van der Waals surface area contributed by atoms with Crippen LogP contribution in [-0.4, -0.2) is 56.6 Å². The molecule has 4 rings (SSSR count). The number of Topliss-reactive ketones (excluding diaryl/α,β-unsaturated/α-hetero) is 1. The average molecular weight is 351 g/mol. The van der Waals surface area contributed by atoms with Crippen molar-refractivity contribution in [2.24, 2.45) is 0 Å². The van der Waals surface area contributed by atoms with Gasteiger partial charge < -0.3 is 15.0 Å². The predicted octanol–water partition coefficient (Wildman–Crippen LogP) is 2.89. The molecule has 1 saturated heterocycles. The van der Waals surface area contributed by atoms with Crippen LogP contribution in [0.25, 0.3) is 0 Å². The minimum atomic E-state index is 0.140. The standard InChI is InChI=1S/C21H25N3O2/c25-21-16-22-20-8-7-18(15-19(20)21)26-14-4-9-23-10-12-24(13-11-23)17-5-2-1-3-6-17/h1-3,5-8,15,22H,4,9-14,16H2. The van der Waals surface area contributed by atoms with Gasteiger partial charge in [0.2, 0.25) is 0 Å². The van der Waals surface area contributed by atoms with Crippen molar-refractivity contribution < 1.29 is 9.53 Å². The van der Waals surface area contributed by atoms with Crippen molar-refractivity contribution in [1.82, 2.24) is 4.90 Å². The van der Waals surface area contributed by atoms with Crippen LogP contribution < -0.4 is 15.0 Å². The lowest BCUT2D eigenvalue weighted by molar-refractivity contribution is 0.101. The Labute approximate surface area is 154 Å². The number of hydrogen-bond donors (Lipinski definition) is 1. The number of anilines is 2. The van der Waals surface area contributed by atoms with E-state index in [-0.39, 0.29) is 5.78 Å². The van der Waals surface area contributed by atoms with E-state index in [1.54, 1.807) is 0 Å². The molecule has 2 aromatic rings. The quantitative estimate of drug-likeness (QED) is 0.811. The third kappa shape index (κ3) is 3.83. The third-order valence-corrected chi connectivity index (χ3v) is 5.11. The monoisotopic (exact) mass is 351 g/mol. The summed E-state index contributed by atoms with van der Waals surface area (Å²) in [7, 11) is 0. The Morgan fingerprint density at radius 2 is 1.81 bits per heavy atom. The van der Waals surface area contributed by atoms with Crippen LogP contribution in [-0.2, 0) is 0 Å². The number of para-hydroxylation sites is 1. The highest BCUT2D eigenvalue weighted by Crippen LogP contribution is 2.26. The van der Waals surface area contributed by atoms with Gasteiger partial charge in [-0.2, -0.15) is 0 Å². The van der Waals surface area contributed by atoms with Crippen LogP contribution in [0.15, 0.2) is 48.5 Å². The topological polar surface area (TPSA) is 44.8 Å². The second-order valence-corrected chi connectivity index (χ2v) is 6.85. The van der Waals surface area contributed by atoms with Gasteiger partial charge in [0, 0.05) is 49.7 Å². The van der Waals surface area contributed by atoms with Crippen LogP contribution in [0.5, 0.6) is 5.75 Å². The fourth-order valence-electron chi connectivity index (χ4n) is 3.62. The Hall–Kier alpha value is -2.53. The molecule has 0 atom stereocenters. The first-order valence-electron chi connectivity index (χ1n) is 9.36. The van der Waals surface area contributed by atoms with E-state index in [0.717, 1.165) is 56.1 Å². The SMILES string of the molecule is O=C1CNc2ccc(OCCCN3CCN(c4ccccc4)CC3)cc21. The van der Waals surface area contributed by atoms with Gasteiger partial charge in [-0.25, -0.2) is 0 Å². The van der Waals surface area contributed by atoms with Crippen LogP contribution in [0, 0.1) is 0 Å². The van der Waals surface area contributed by atoms with Crippen LogP contribution in [0.3, 0.4) is 0 Å². The molecule has 26 heavy (non-hydrogen) atoms. The van der Waals surface area contributed by atoms with Gasteiger partial charge in [-0.3, -0.25) is 9.69 Å². The zero-order chi connectivity index (χ0) is 17.8. The second kappa shape index (κ2) is 7.79. The van der Waals surface area contributed by atoms with E-state index in [2.05, 4.69) is 45.4 Å². The van der Waals surface area contributed by atoms with Gasteiger partial charge in [0.05, 0.1) is 13.2 Å². The Morgan fingerprint density at radius 3 is 2.62 bits per heavy atom. The molecule has 136 valence electrons. The summed E-state index contributed by atoms with van der Waals surface area (Å²) in [6.45, 7) is 6.46. The molecule has 1 fully saturated rings. The predicted molar refractivity (Wildman–Crippen MR) is 104 cm³/mol. The van der Waals surface area contributed by atoms with Crippen molar-refractivity contribution in [3.05, 3.63) is 54.1 Å². The van der Waals surface area contributed by atoms with E-state index in [0.29, 0.717) is 13.2 Å². The molecule has 0 amide bonds. The van der Waals surface area contributed by atoms with Crippen molar-refractivity contribution in [3.63, 3.8) is 0 Å². The Morgan fingerprint density at radius 1 is 1.00 bits per heavy atom. The van der Waals surface area contributed by atoms with E-state index in [1.165, 1.54) is 5.69 Å². The van der Waals surface area contributed by atoms with Gasteiger partial charge in [-0.15, -0.1) is 0 Å². The maximum absolute atomic E-state index is 11.8. The number of piperazine rings is 1. The molecule has 5 nitrogen and oxygen atoms in total. The minimum Gasteiger partial charge on any atom is -0.494 e. The van der Waals surface area contributed by atoms with E-state index in [4.69, 9.17) is 4.74 Å². The van der Waals surface area contributed by atoms with Crippen molar-refractivity contribution in [2.45, 2.75) is 6.42 Å². The number of ether oxygens (including phenoxy) is 1. The van der Waals surface area contributed by atoms with Gasteiger partial charge in [0.15, 0.2) is 5.78 Å². The highest BCUT2D eigenvalue weighted by molar-refractivity contribution is 6.08. The summed E-state index contributed by atoms with van der Waals surface area (Å²) in [6, 6.07) is 16.3. The molecule has 0 radical (unpaired) electrons. The lowest BCUT2D eigenvalue weighted by Gasteiger charge is -2.36. The highest BCUT2D eigenvalue weighted by atomic mass is 16.5. The van der Waals surface area contributed by atoms with Crippen molar-refractivity contribution in [3.8, 4) is 5.75 Å². The Balaban J connectivity index is 1.18. The number of nitrogens with zero attached hydrogens (tertiary/aromatic N) is 2. The van der Waals surface area contributed by atoms with Crippen LogP contribution in [0.2, 0.25) is 0 Å². The van der Waals surface area contributed by atoms with Crippen molar-refractivity contribution in [1.29, 1.82) is 0 Å². The summed E-state index contributed by atoms with van der Waals surface area (Å²) < 4.78 is 5.84. The molecule has 0 unspecified atom stereocenters. The number of fused-ring (bicyclic) bond motifs is 1. The molecule has 0 aromatic heterocycles. The van der Waals surface area contributed by atoms with E-state index in [9.17, 15) is 4.79 Å². The number of hydrogen-bond acceptors (Lipinski definition) is 5. The number of carbonyl (C=O) groups excluding carboxylic acids is 1.